The Morgan fingerprint density at radius 2 is 1.88 bits per heavy atom. The lowest BCUT2D eigenvalue weighted by molar-refractivity contribution is 0.102. The van der Waals surface area contributed by atoms with E-state index >= 15 is 0 Å². The molecule has 2 aromatic carbocycles. The maximum absolute atomic E-state index is 13.4. The maximum Gasteiger partial charge on any atom is 0.327 e. The molecule has 0 radical (unpaired) electrons. The van der Waals surface area contributed by atoms with Gasteiger partial charge in [0.25, 0.3) is 5.91 Å². The zero-order chi connectivity index (χ0) is 24.1. The Kier molecular flexibility index (Phi) is 7.01. The SMILES string of the molecule is Cc1ccc(NC(=O)c2cccc(CF)c2)cc1NC(=O)N(c1cc(N)ncn1)C1CCCC1. The van der Waals surface area contributed by atoms with Gasteiger partial charge in [0.1, 0.15) is 24.6 Å². The molecular formula is C25H27FN6O2. The van der Waals surface area contributed by atoms with Crippen molar-refractivity contribution >= 4 is 34.9 Å². The molecule has 1 fully saturated rings. The molecule has 0 spiro atoms. The third kappa shape index (κ3) is 5.31. The van der Waals surface area contributed by atoms with Crippen LogP contribution in [0.3, 0.4) is 0 Å². The van der Waals surface area contributed by atoms with Crippen LogP contribution in [0.5, 0.6) is 0 Å². The fourth-order valence-electron chi connectivity index (χ4n) is 4.12. The molecule has 0 atom stereocenters. The third-order valence-corrected chi connectivity index (χ3v) is 5.91. The van der Waals surface area contributed by atoms with Crippen LogP contribution < -0.4 is 21.3 Å². The Labute approximate surface area is 197 Å². The predicted molar refractivity (Wildman–Crippen MR) is 131 cm³/mol. The Bertz CT molecular complexity index is 1200. The summed E-state index contributed by atoms with van der Waals surface area (Å²) >= 11 is 0. The van der Waals surface area contributed by atoms with Crippen LogP contribution in [-0.2, 0) is 6.67 Å². The highest BCUT2D eigenvalue weighted by Gasteiger charge is 2.29. The molecule has 0 saturated heterocycles. The summed E-state index contributed by atoms with van der Waals surface area (Å²) in [6.07, 6.45) is 5.19. The second-order valence-electron chi connectivity index (χ2n) is 8.36. The number of amides is 3. The summed E-state index contributed by atoms with van der Waals surface area (Å²) < 4.78 is 12.9. The Balaban J connectivity index is 1.54. The highest BCUT2D eigenvalue weighted by Crippen LogP contribution is 2.29. The summed E-state index contributed by atoms with van der Waals surface area (Å²) in [4.78, 5) is 35.9. The van der Waals surface area contributed by atoms with Crippen LogP contribution in [-0.4, -0.2) is 27.9 Å². The standard InChI is InChI=1S/C25H27FN6O2/c1-16-9-10-19(30-24(33)18-6-4-5-17(11-18)14-26)12-21(16)31-25(34)32(20-7-2-3-8-20)23-13-22(27)28-15-29-23/h4-6,9-13,15,20H,2-3,7-8,14H2,1H3,(H,30,33)(H,31,34)(H2,27,28,29). The average Bonchev–Trinajstić information content (AvgIpc) is 3.35. The number of hydrogen-bond acceptors (Lipinski definition) is 5. The minimum absolute atomic E-state index is 0.0141. The van der Waals surface area contributed by atoms with E-state index in [4.69, 9.17) is 5.73 Å². The maximum atomic E-state index is 13.4. The van der Waals surface area contributed by atoms with Crippen molar-refractivity contribution in [2.75, 3.05) is 21.3 Å². The summed E-state index contributed by atoms with van der Waals surface area (Å²) in [6.45, 7) is 1.23. The number of nitrogens with zero attached hydrogens (tertiary/aromatic N) is 3. The first-order chi connectivity index (χ1) is 16.4. The van der Waals surface area contributed by atoms with E-state index in [2.05, 4.69) is 20.6 Å². The first kappa shape index (κ1) is 23.2. The van der Waals surface area contributed by atoms with Gasteiger partial charge in [-0.1, -0.05) is 31.0 Å². The molecule has 34 heavy (non-hydrogen) atoms. The molecule has 1 aliphatic rings. The second kappa shape index (κ2) is 10.3. The molecule has 8 nitrogen and oxygen atoms in total. The van der Waals surface area contributed by atoms with Crippen molar-refractivity contribution in [2.24, 2.45) is 0 Å². The van der Waals surface area contributed by atoms with Crippen LogP contribution in [0.2, 0.25) is 0 Å². The fraction of sp³-hybridized carbons (Fsp3) is 0.280. The summed E-state index contributed by atoms with van der Waals surface area (Å²) in [7, 11) is 0. The van der Waals surface area contributed by atoms with Gasteiger partial charge in [-0.2, -0.15) is 0 Å². The van der Waals surface area contributed by atoms with Gasteiger partial charge in [0.15, 0.2) is 0 Å². The smallest absolute Gasteiger partial charge is 0.327 e. The molecule has 1 heterocycles. The van der Waals surface area contributed by atoms with Crippen molar-refractivity contribution in [3.05, 3.63) is 71.5 Å². The monoisotopic (exact) mass is 462 g/mol. The van der Waals surface area contributed by atoms with E-state index in [1.807, 2.05) is 13.0 Å². The lowest BCUT2D eigenvalue weighted by atomic mass is 10.1. The van der Waals surface area contributed by atoms with Gasteiger partial charge in [-0.25, -0.2) is 19.2 Å². The molecule has 9 heteroatoms. The van der Waals surface area contributed by atoms with E-state index in [0.717, 1.165) is 31.2 Å². The number of nitrogen functional groups attached to an aromatic ring is 1. The molecule has 0 bridgehead atoms. The third-order valence-electron chi connectivity index (χ3n) is 5.91. The van der Waals surface area contributed by atoms with Crippen LogP contribution in [0, 0.1) is 6.92 Å². The average molecular weight is 463 g/mol. The fourth-order valence-corrected chi connectivity index (χ4v) is 4.12. The van der Waals surface area contributed by atoms with E-state index in [1.165, 1.54) is 12.4 Å². The van der Waals surface area contributed by atoms with Crippen molar-refractivity contribution in [2.45, 2.75) is 45.3 Å². The Morgan fingerprint density at radius 1 is 1.09 bits per heavy atom. The topological polar surface area (TPSA) is 113 Å². The molecule has 3 aromatic rings. The van der Waals surface area contributed by atoms with Crippen molar-refractivity contribution < 1.29 is 14.0 Å². The summed E-state index contributed by atoms with van der Waals surface area (Å²) in [6, 6.07) is 12.9. The number of nitrogens with one attached hydrogen (secondary N) is 2. The van der Waals surface area contributed by atoms with Gasteiger partial charge in [0.2, 0.25) is 0 Å². The molecule has 0 aliphatic heterocycles. The highest BCUT2D eigenvalue weighted by atomic mass is 19.1. The second-order valence-corrected chi connectivity index (χ2v) is 8.36. The molecule has 0 unspecified atom stereocenters. The number of aromatic nitrogens is 2. The number of benzene rings is 2. The number of aryl methyl sites for hydroxylation is 1. The Morgan fingerprint density at radius 3 is 2.62 bits per heavy atom. The van der Waals surface area contributed by atoms with Crippen molar-refractivity contribution in [3.8, 4) is 0 Å². The number of alkyl halides is 1. The van der Waals surface area contributed by atoms with E-state index in [9.17, 15) is 14.0 Å². The molecule has 176 valence electrons. The van der Waals surface area contributed by atoms with Crippen molar-refractivity contribution in [3.63, 3.8) is 0 Å². The number of carbonyl (C=O) groups excluding carboxylic acids is 2. The van der Waals surface area contributed by atoms with Crippen LogP contribution >= 0.6 is 0 Å². The molecule has 1 aliphatic carbocycles. The first-order valence-electron chi connectivity index (χ1n) is 11.2. The normalized spacial score (nSPS) is 13.5. The quantitative estimate of drug-likeness (QED) is 0.473. The summed E-state index contributed by atoms with van der Waals surface area (Å²) in [5.41, 5.74) is 8.53. The van der Waals surface area contributed by atoms with E-state index in [1.54, 1.807) is 41.3 Å². The van der Waals surface area contributed by atoms with Gasteiger partial charge in [0, 0.05) is 29.0 Å². The minimum Gasteiger partial charge on any atom is -0.384 e. The first-order valence-corrected chi connectivity index (χ1v) is 11.2. The number of halogens is 1. The van der Waals surface area contributed by atoms with Gasteiger partial charge in [-0.05, 0) is 55.2 Å². The van der Waals surface area contributed by atoms with Crippen LogP contribution in [0.25, 0.3) is 0 Å². The molecule has 4 N–H and O–H groups in total. The molecule has 1 saturated carbocycles. The Hall–Kier alpha value is -4.01. The van der Waals surface area contributed by atoms with E-state index in [0.29, 0.717) is 34.1 Å². The van der Waals surface area contributed by atoms with Crippen LogP contribution in [0.1, 0.15) is 47.2 Å². The minimum atomic E-state index is -0.642. The highest BCUT2D eigenvalue weighted by molar-refractivity contribution is 6.06. The van der Waals surface area contributed by atoms with Gasteiger partial charge in [-0.15, -0.1) is 0 Å². The van der Waals surface area contributed by atoms with E-state index in [-0.39, 0.29) is 18.0 Å². The molecular weight excluding hydrogens is 435 g/mol. The number of urea groups is 1. The van der Waals surface area contributed by atoms with E-state index < -0.39 is 6.67 Å². The summed E-state index contributed by atoms with van der Waals surface area (Å²) in [5.74, 6) is 0.380. The van der Waals surface area contributed by atoms with Crippen molar-refractivity contribution in [1.82, 2.24) is 9.97 Å². The number of carbonyl (C=O) groups is 2. The van der Waals surface area contributed by atoms with Gasteiger partial charge < -0.3 is 16.4 Å². The molecule has 3 amide bonds. The predicted octanol–water partition coefficient (Wildman–Crippen LogP) is 5.07. The van der Waals surface area contributed by atoms with Gasteiger partial charge in [0.05, 0.1) is 0 Å². The number of anilines is 4. The zero-order valence-corrected chi connectivity index (χ0v) is 18.9. The van der Waals surface area contributed by atoms with Gasteiger partial charge in [-0.3, -0.25) is 9.69 Å². The summed E-state index contributed by atoms with van der Waals surface area (Å²) in [5, 5.41) is 5.77. The van der Waals surface area contributed by atoms with Crippen molar-refractivity contribution in [1.29, 1.82) is 0 Å². The van der Waals surface area contributed by atoms with Crippen LogP contribution in [0.15, 0.2) is 54.9 Å². The van der Waals surface area contributed by atoms with Crippen LogP contribution in [0.4, 0.5) is 32.2 Å². The number of hydrogen-bond donors (Lipinski definition) is 3. The van der Waals surface area contributed by atoms with Gasteiger partial charge >= 0.3 is 6.03 Å². The lowest BCUT2D eigenvalue weighted by Crippen LogP contribution is -2.42. The molecule has 1 aromatic heterocycles. The molecule has 4 rings (SSSR count). The number of nitrogens with two attached hydrogens (primary N) is 1. The number of rotatable bonds is 6. The zero-order valence-electron chi connectivity index (χ0n) is 18.9. The lowest BCUT2D eigenvalue weighted by Gasteiger charge is -2.28. The largest absolute Gasteiger partial charge is 0.384 e.